The minimum absolute atomic E-state index is 0.0384. The maximum Gasteiger partial charge on any atom is 0.354 e. The van der Waals surface area contributed by atoms with E-state index in [1.54, 1.807) is 0 Å². The normalized spacial score (nSPS) is 14.8. The van der Waals surface area contributed by atoms with Gasteiger partial charge in [0.25, 0.3) is 5.56 Å². The van der Waals surface area contributed by atoms with E-state index in [2.05, 4.69) is 114 Å². The summed E-state index contributed by atoms with van der Waals surface area (Å²) in [6.07, 6.45) is 0. The van der Waals surface area contributed by atoms with Crippen LogP contribution in [0.15, 0.2) is 132 Å². The Hall–Kier alpha value is -5.29. The maximum atomic E-state index is 14.3. The average Bonchev–Trinajstić information content (AvgIpc) is 3.51. The summed E-state index contributed by atoms with van der Waals surface area (Å²) in [7, 11) is 0. The van der Waals surface area contributed by atoms with Crippen molar-refractivity contribution in [3.8, 4) is 17.2 Å². The number of fused-ring (bicyclic) bond motifs is 14. The van der Waals surface area contributed by atoms with Crippen molar-refractivity contribution >= 4 is 39.4 Å². The number of hydrogen-bond donors (Lipinski definition) is 0. The fraction of sp³-hybridized carbons (Fsp3) is 0.0278. The number of benzene rings is 6. The van der Waals surface area contributed by atoms with Crippen molar-refractivity contribution in [2.75, 3.05) is 0 Å². The lowest BCUT2D eigenvalue weighted by molar-refractivity contribution is 0.435. The highest BCUT2D eigenvalue weighted by molar-refractivity contribution is 6.86. The summed E-state index contributed by atoms with van der Waals surface area (Å²) in [5, 5.41) is 2.95. The summed E-state index contributed by atoms with van der Waals surface area (Å²) in [5.74, 6) is 1.73. The average molecular weight is 524 g/mol. The summed E-state index contributed by atoms with van der Waals surface area (Å²) in [4.78, 5) is 14.3. The molecule has 4 nitrogen and oxygen atoms in total. The zero-order valence-electron chi connectivity index (χ0n) is 21.9. The summed E-state index contributed by atoms with van der Waals surface area (Å²) in [5.41, 5.74) is 8.42. The van der Waals surface area contributed by atoms with Gasteiger partial charge in [-0.15, -0.1) is 0 Å². The van der Waals surface area contributed by atoms with Crippen molar-refractivity contribution in [2.45, 2.75) is 5.41 Å². The second kappa shape index (κ2) is 7.26. The van der Waals surface area contributed by atoms with Crippen LogP contribution in [0.3, 0.4) is 0 Å². The highest BCUT2D eigenvalue weighted by Gasteiger charge is 2.55. The summed E-state index contributed by atoms with van der Waals surface area (Å²) < 4.78 is 10.7. The van der Waals surface area contributed by atoms with Crippen LogP contribution in [0.4, 0.5) is 0 Å². The molecule has 3 aliphatic rings. The van der Waals surface area contributed by atoms with Crippen molar-refractivity contribution in [3.05, 3.63) is 160 Å². The monoisotopic (exact) mass is 524 g/mol. The van der Waals surface area contributed by atoms with Crippen molar-refractivity contribution in [1.29, 1.82) is 0 Å². The molecular weight excluding hydrogens is 503 g/mol. The molecule has 4 heterocycles. The molecule has 3 aliphatic heterocycles. The molecule has 0 saturated carbocycles. The number of ether oxygens (including phenoxy) is 1. The molecule has 0 saturated heterocycles. The molecule has 0 amide bonds. The molecule has 0 aliphatic carbocycles. The first-order valence-electron chi connectivity index (χ1n) is 14.0. The van der Waals surface area contributed by atoms with Gasteiger partial charge in [0, 0.05) is 11.1 Å². The molecule has 0 atom stereocenters. The van der Waals surface area contributed by atoms with E-state index in [1.165, 1.54) is 16.6 Å². The Morgan fingerprint density at radius 1 is 0.610 bits per heavy atom. The zero-order chi connectivity index (χ0) is 26.9. The van der Waals surface area contributed by atoms with Gasteiger partial charge in [0.2, 0.25) is 0 Å². The third-order valence-electron chi connectivity index (χ3n) is 9.44. The number of aromatic nitrogens is 2. The van der Waals surface area contributed by atoms with Gasteiger partial charge >= 0.3 is 6.85 Å². The van der Waals surface area contributed by atoms with E-state index in [9.17, 15) is 4.79 Å². The van der Waals surface area contributed by atoms with Crippen LogP contribution in [0.2, 0.25) is 0 Å². The fourth-order valence-electron chi connectivity index (χ4n) is 7.94. The third kappa shape index (κ3) is 2.39. The molecule has 0 unspecified atom stereocenters. The van der Waals surface area contributed by atoms with Gasteiger partial charge in [-0.3, -0.25) is 14.1 Å². The first-order valence-corrected chi connectivity index (χ1v) is 14.0. The molecule has 6 aromatic carbocycles. The van der Waals surface area contributed by atoms with Crippen molar-refractivity contribution in [2.24, 2.45) is 0 Å². The van der Waals surface area contributed by atoms with E-state index in [0.717, 1.165) is 55.5 Å². The van der Waals surface area contributed by atoms with Crippen LogP contribution >= 0.6 is 0 Å². The molecule has 1 spiro atoms. The van der Waals surface area contributed by atoms with Crippen molar-refractivity contribution < 1.29 is 4.74 Å². The van der Waals surface area contributed by atoms with Crippen LogP contribution in [-0.2, 0) is 5.41 Å². The Morgan fingerprint density at radius 2 is 1.22 bits per heavy atom. The van der Waals surface area contributed by atoms with Gasteiger partial charge in [-0.2, -0.15) is 0 Å². The van der Waals surface area contributed by atoms with Gasteiger partial charge in [-0.05, 0) is 63.2 Å². The Kier molecular flexibility index (Phi) is 3.81. The number of rotatable bonds is 0. The lowest BCUT2D eigenvalue weighted by atomic mass is 9.40. The summed E-state index contributed by atoms with van der Waals surface area (Å²) in [6, 6.07) is 44.5. The second-order valence-electron chi connectivity index (χ2n) is 11.3. The fourth-order valence-corrected chi connectivity index (χ4v) is 7.94. The predicted octanol–water partition coefficient (Wildman–Crippen LogP) is 5.71. The summed E-state index contributed by atoms with van der Waals surface area (Å²) >= 11 is 0. The van der Waals surface area contributed by atoms with Crippen LogP contribution in [-0.4, -0.2) is 16.1 Å². The van der Waals surface area contributed by atoms with Gasteiger partial charge in [-0.1, -0.05) is 97.1 Å². The maximum absolute atomic E-state index is 14.3. The lowest BCUT2D eigenvalue weighted by Gasteiger charge is -2.46. The van der Waals surface area contributed by atoms with Crippen molar-refractivity contribution in [1.82, 2.24) is 9.27 Å². The van der Waals surface area contributed by atoms with Crippen LogP contribution in [0.1, 0.15) is 22.3 Å². The van der Waals surface area contributed by atoms with Crippen LogP contribution in [0.5, 0.6) is 11.5 Å². The summed E-state index contributed by atoms with van der Waals surface area (Å²) in [6.45, 7) is -0.229. The predicted molar refractivity (Wildman–Crippen MR) is 164 cm³/mol. The molecule has 190 valence electrons. The minimum atomic E-state index is -0.583. The van der Waals surface area contributed by atoms with Crippen LogP contribution in [0, 0.1) is 0 Å². The molecule has 10 rings (SSSR count). The molecule has 5 heteroatoms. The lowest BCUT2D eigenvalue weighted by Crippen LogP contribution is -2.60. The minimum Gasteiger partial charge on any atom is -0.457 e. The van der Waals surface area contributed by atoms with Gasteiger partial charge in [0.15, 0.2) is 0 Å². The molecule has 7 aromatic rings. The van der Waals surface area contributed by atoms with E-state index >= 15 is 0 Å². The SMILES string of the molecule is O=c1c2cc3ccccc3cc2n2n1B1c3ccccc3C3(c4ccccc4Oc4ccccc43)c3cccc-2c31. The molecule has 0 radical (unpaired) electrons. The Bertz CT molecular complexity index is 2300. The van der Waals surface area contributed by atoms with Gasteiger partial charge in [0.05, 0.1) is 22.0 Å². The molecule has 0 fully saturated rings. The standard InChI is InChI=1S/C36H21BN2O2/c40-35-24-20-22-10-1-2-11-23(22)21-31(24)38-30-17-9-15-28-34(30)37(39(35)38)29-16-6-3-12-25(29)36(28)26-13-4-7-18-32(26)41-33-19-8-5-14-27(33)36/h1-21H. The topological polar surface area (TPSA) is 36.2 Å². The van der Waals surface area contributed by atoms with E-state index in [-0.39, 0.29) is 12.4 Å². The molecule has 0 bridgehead atoms. The Labute approximate surface area is 235 Å². The largest absolute Gasteiger partial charge is 0.457 e. The van der Waals surface area contributed by atoms with E-state index in [0.29, 0.717) is 0 Å². The quantitative estimate of drug-likeness (QED) is 0.238. The van der Waals surface area contributed by atoms with Crippen LogP contribution in [0.25, 0.3) is 27.4 Å². The molecule has 0 N–H and O–H groups in total. The van der Waals surface area contributed by atoms with Crippen LogP contribution < -0.4 is 21.2 Å². The third-order valence-corrected chi connectivity index (χ3v) is 9.44. The number of hydrogen-bond acceptors (Lipinski definition) is 2. The Morgan fingerprint density at radius 3 is 1.98 bits per heavy atom. The van der Waals surface area contributed by atoms with E-state index in [1.807, 2.05) is 22.8 Å². The molecular formula is C36H21BN2O2. The number of para-hydroxylation sites is 2. The van der Waals surface area contributed by atoms with E-state index in [4.69, 9.17) is 4.74 Å². The molecule has 1 aromatic heterocycles. The first-order chi connectivity index (χ1) is 20.3. The first kappa shape index (κ1) is 21.5. The Balaban J connectivity index is 1.41. The van der Waals surface area contributed by atoms with Crippen molar-refractivity contribution in [3.63, 3.8) is 0 Å². The highest BCUT2D eigenvalue weighted by Crippen LogP contribution is 2.56. The zero-order valence-corrected chi connectivity index (χ0v) is 21.9. The number of nitrogens with zero attached hydrogens (tertiary/aromatic N) is 2. The van der Waals surface area contributed by atoms with Gasteiger partial charge in [-0.25, -0.2) is 0 Å². The smallest absolute Gasteiger partial charge is 0.354 e. The highest BCUT2D eigenvalue weighted by atomic mass is 16.5. The van der Waals surface area contributed by atoms with E-state index < -0.39 is 5.41 Å². The molecule has 41 heavy (non-hydrogen) atoms. The second-order valence-corrected chi connectivity index (χ2v) is 11.3. The van der Waals surface area contributed by atoms with Gasteiger partial charge in [0.1, 0.15) is 11.5 Å². The van der Waals surface area contributed by atoms with Gasteiger partial charge < -0.3 is 4.74 Å².